The summed E-state index contributed by atoms with van der Waals surface area (Å²) in [5, 5.41) is 9.13. The number of carbonyl (C=O) groups excluding carboxylic acids is 1. The van der Waals surface area contributed by atoms with Crippen LogP contribution in [-0.2, 0) is 30.7 Å². The SMILES string of the molecule is Nc1cc(Cl)cc2c1OCC(=O)N2Cc1nnc(CCc2ccc(Cl)cc2)n1CCC(F)(F)F. The van der Waals surface area contributed by atoms with Crippen LogP contribution in [0.2, 0.25) is 10.0 Å². The zero-order valence-corrected chi connectivity index (χ0v) is 19.3. The molecule has 0 saturated heterocycles. The van der Waals surface area contributed by atoms with Gasteiger partial charge in [0, 0.05) is 23.0 Å². The number of rotatable bonds is 7. The molecule has 1 aromatic heterocycles. The van der Waals surface area contributed by atoms with Crippen LogP contribution in [0.5, 0.6) is 5.75 Å². The topological polar surface area (TPSA) is 86.3 Å². The Morgan fingerprint density at radius 3 is 2.44 bits per heavy atom. The minimum Gasteiger partial charge on any atom is -0.479 e. The minimum absolute atomic E-state index is 0.110. The van der Waals surface area contributed by atoms with Crippen molar-refractivity contribution < 1.29 is 22.7 Å². The average molecular weight is 514 g/mol. The molecule has 1 amide bonds. The largest absolute Gasteiger partial charge is 0.479 e. The molecule has 1 aliphatic rings. The van der Waals surface area contributed by atoms with Gasteiger partial charge in [-0.1, -0.05) is 35.3 Å². The third-order valence-electron chi connectivity index (χ3n) is 5.37. The molecule has 0 spiro atoms. The van der Waals surface area contributed by atoms with Gasteiger partial charge in [-0.05, 0) is 36.2 Å². The highest BCUT2D eigenvalue weighted by Gasteiger charge is 2.31. The molecule has 3 aromatic rings. The van der Waals surface area contributed by atoms with Crippen molar-refractivity contribution in [1.82, 2.24) is 14.8 Å². The van der Waals surface area contributed by atoms with Gasteiger partial charge in [0.05, 0.1) is 24.3 Å². The number of aromatic nitrogens is 3. The smallest absolute Gasteiger partial charge is 0.390 e. The number of hydrogen-bond acceptors (Lipinski definition) is 5. The van der Waals surface area contributed by atoms with E-state index in [2.05, 4.69) is 10.2 Å². The van der Waals surface area contributed by atoms with Gasteiger partial charge in [0.15, 0.2) is 18.2 Å². The summed E-state index contributed by atoms with van der Waals surface area (Å²) < 4.78 is 45.9. The summed E-state index contributed by atoms with van der Waals surface area (Å²) in [4.78, 5) is 14.0. The quantitative estimate of drug-likeness (QED) is 0.457. The van der Waals surface area contributed by atoms with Crippen LogP contribution < -0.4 is 15.4 Å². The Hall–Kier alpha value is -2.98. The van der Waals surface area contributed by atoms with Crippen molar-refractivity contribution in [3.05, 3.63) is 63.7 Å². The molecular formula is C22H20Cl2F3N5O2. The molecule has 0 unspecified atom stereocenters. The Labute approximate surface area is 203 Å². The molecule has 4 rings (SSSR count). The van der Waals surface area contributed by atoms with E-state index in [4.69, 9.17) is 33.7 Å². The number of aryl methyl sites for hydroxylation is 2. The Morgan fingerprint density at radius 1 is 1.03 bits per heavy atom. The number of nitrogens with two attached hydrogens (primary N) is 1. The first-order valence-electron chi connectivity index (χ1n) is 10.3. The second kappa shape index (κ2) is 9.71. The first kappa shape index (κ1) is 24.2. The number of hydrogen-bond donors (Lipinski definition) is 1. The first-order chi connectivity index (χ1) is 16.1. The zero-order valence-electron chi connectivity index (χ0n) is 17.8. The number of fused-ring (bicyclic) bond motifs is 1. The lowest BCUT2D eigenvalue weighted by molar-refractivity contribution is -0.137. The van der Waals surface area contributed by atoms with Gasteiger partial charge in [0.1, 0.15) is 5.82 Å². The van der Waals surface area contributed by atoms with Crippen LogP contribution in [0.1, 0.15) is 23.6 Å². The molecule has 0 fully saturated rings. The predicted molar refractivity (Wildman–Crippen MR) is 122 cm³/mol. The molecule has 2 heterocycles. The van der Waals surface area contributed by atoms with Crippen molar-refractivity contribution in [2.24, 2.45) is 0 Å². The summed E-state index contributed by atoms with van der Waals surface area (Å²) in [7, 11) is 0. The van der Waals surface area contributed by atoms with Gasteiger partial charge in [0.25, 0.3) is 5.91 Å². The van der Waals surface area contributed by atoms with Crippen LogP contribution >= 0.6 is 23.2 Å². The molecule has 2 aromatic carbocycles. The highest BCUT2D eigenvalue weighted by Crippen LogP contribution is 2.40. The van der Waals surface area contributed by atoms with Gasteiger partial charge in [-0.3, -0.25) is 9.69 Å². The van der Waals surface area contributed by atoms with Crippen molar-refractivity contribution in [3.8, 4) is 5.75 Å². The second-order valence-corrected chi connectivity index (χ2v) is 8.66. The lowest BCUT2D eigenvalue weighted by atomic mass is 10.1. The fourth-order valence-electron chi connectivity index (χ4n) is 3.70. The Kier molecular flexibility index (Phi) is 6.90. The number of benzene rings is 2. The molecule has 0 atom stereocenters. The van der Waals surface area contributed by atoms with Crippen molar-refractivity contribution in [2.75, 3.05) is 17.2 Å². The van der Waals surface area contributed by atoms with Crippen LogP contribution in [0.4, 0.5) is 24.5 Å². The molecule has 0 radical (unpaired) electrons. The van der Waals surface area contributed by atoms with Gasteiger partial charge in [-0.15, -0.1) is 10.2 Å². The third kappa shape index (κ3) is 5.56. The Balaban J connectivity index is 1.62. The van der Waals surface area contributed by atoms with E-state index in [0.29, 0.717) is 34.4 Å². The molecule has 12 heteroatoms. The van der Waals surface area contributed by atoms with Crippen LogP contribution in [-0.4, -0.2) is 33.5 Å². The molecule has 2 N–H and O–H groups in total. The fourth-order valence-corrected chi connectivity index (χ4v) is 4.04. The number of nitrogens with zero attached hydrogens (tertiary/aromatic N) is 4. The van der Waals surface area contributed by atoms with Crippen LogP contribution in [0, 0.1) is 0 Å². The van der Waals surface area contributed by atoms with Crippen LogP contribution in [0.25, 0.3) is 0 Å². The molecular weight excluding hydrogens is 494 g/mol. The highest BCUT2D eigenvalue weighted by atomic mass is 35.5. The van der Waals surface area contributed by atoms with Crippen molar-refractivity contribution >= 4 is 40.5 Å². The molecule has 1 aliphatic heterocycles. The maximum atomic E-state index is 13.0. The van der Waals surface area contributed by atoms with E-state index in [-0.39, 0.29) is 37.0 Å². The summed E-state index contributed by atoms with van der Waals surface area (Å²) in [6.07, 6.45) is -4.53. The highest BCUT2D eigenvalue weighted by molar-refractivity contribution is 6.31. The minimum atomic E-state index is -4.36. The summed E-state index contributed by atoms with van der Waals surface area (Å²) >= 11 is 12.0. The predicted octanol–water partition coefficient (Wildman–Crippen LogP) is 4.83. The molecule has 0 bridgehead atoms. The van der Waals surface area contributed by atoms with E-state index in [0.717, 1.165) is 5.56 Å². The Morgan fingerprint density at radius 2 is 1.74 bits per heavy atom. The Bertz CT molecular complexity index is 1200. The van der Waals surface area contributed by atoms with Crippen molar-refractivity contribution in [1.29, 1.82) is 0 Å². The summed E-state index contributed by atoms with van der Waals surface area (Å²) in [5.41, 5.74) is 7.50. The van der Waals surface area contributed by atoms with Gasteiger partial charge < -0.3 is 15.0 Å². The number of anilines is 2. The van der Waals surface area contributed by atoms with Crippen molar-refractivity contribution in [2.45, 2.75) is 38.5 Å². The average Bonchev–Trinajstić information content (AvgIpc) is 3.14. The van der Waals surface area contributed by atoms with Crippen molar-refractivity contribution in [3.63, 3.8) is 0 Å². The number of amides is 1. The standard InChI is InChI=1S/C22H20Cl2F3N5O2/c23-14-4-1-13(2-5-14)3-6-18-29-30-19(31(18)8-7-22(25,26)27)11-32-17-10-15(24)9-16(28)21(17)34-12-20(32)33/h1-2,4-5,9-10H,3,6-8,11-12,28H2. The van der Waals surface area contributed by atoms with E-state index in [9.17, 15) is 18.0 Å². The lowest BCUT2D eigenvalue weighted by Gasteiger charge is -2.30. The van der Waals surface area contributed by atoms with E-state index in [1.165, 1.54) is 21.6 Å². The van der Waals surface area contributed by atoms with E-state index >= 15 is 0 Å². The maximum absolute atomic E-state index is 13.0. The van der Waals surface area contributed by atoms with Gasteiger partial charge in [0.2, 0.25) is 0 Å². The number of carbonyl (C=O) groups is 1. The normalized spacial score (nSPS) is 13.7. The summed E-state index contributed by atoms with van der Waals surface area (Å²) in [6.45, 7) is -0.745. The second-order valence-electron chi connectivity index (χ2n) is 7.79. The summed E-state index contributed by atoms with van der Waals surface area (Å²) in [5.74, 6) is 0.492. The van der Waals surface area contributed by atoms with Crippen LogP contribution in [0.15, 0.2) is 36.4 Å². The number of nitrogen functional groups attached to an aromatic ring is 1. The molecule has 0 aliphatic carbocycles. The number of alkyl halides is 3. The maximum Gasteiger partial charge on any atom is 0.390 e. The van der Waals surface area contributed by atoms with E-state index < -0.39 is 18.5 Å². The fraction of sp³-hybridized carbons (Fsp3) is 0.318. The monoisotopic (exact) mass is 513 g/mol. The van der Waals surface area contributed by atoms with E-state index in [1.807, 2.05) is 12.1 Å². The lowest BCUT2D eigenvalue weighted by Crippen LogP contribution is -2.39. The molecule has 7 nitrogen and oxygen atoms in total. The van der Waals surface area contributed by atoms with Gasteiger partial charge in [-0.25, -0.2) is 0 Å². The van der Waals surface area contributed by atoms with Gasteiger partial charge >= 0.3 is 6.18 Å². The summed E-state index contributed by atoms with van der Waals surface area (Å²) in [6, 6.07) is 10.2. The van der Waals surface area contributed by atoms with Gasteiger partial charge in [-0.2, -0.15) is 13.2 Å². The first-order valence-corrected chi connectivity index (χ1v) is 11.1. The molecule has 0 saturated carbocycles. The number of ether oxygens (including phenoxy) is 1. The van der Waals surface area contributed by atoms with E-state index in [1.54, 1.807) is 12.1 Å². The zero-order chi connectivity index (χ0) is 24.5. The number of halogens is 5. The molecule has 180 valence electrons. The molecule has 34 heavy (non-hydrogen) atoms. The van der Waals surface area contributed by atoms with Crippen LogP contribution in [0.3, 0.4) is 0 Å². The third-order valence-corrected chi connectivity index (χ3v) is 5.84.